The summed E-state index contributed by atoms with van der Waals surface area (Å²) in [6, 6.07) is 0. The summed E-state index contributed by atoms with van der Waals surface area (Å²) in [5.74, 6) is 1.28. The minimum absolute atomic E-state index is 0.315. The lowest BCUT2D eigenvalue weighted by Gasteiger charge is -2.36. The first-order valence-electron chi connectivity index (χ1n) is 7.51. The third kappa shape index (κ3) is 3.66. The number of rotatable bonds is 6. The Bertz CT molecular complexity index is 437. The number of hydrogen-bond acceptors (Lipinski definition) is 1. The van der Waals surface area contributed by atoms with Crippen LogP contribution in [0, 0.1) is 0 Å². The van der Waals surface area contributed by atoms with Crippen molar-refractivity contribution in [3.05, 3.63) is 47.1 Å². The van der Waals surface area contributed by atoms with Crippen molar-refractivity contribution in [3.63, 3.8) is 0 Å². The van der Waals surface area contributed by atoms with Gasteiger partial charge < -0.3 is 0 Å². The van der Waals surface area contributed by atoms with E-state index in [1.54, 1.807) is 5.57 Å². The predicted octanol–water partition coefficient (Wildman–Crippen LogP) is 5.83. The molecule has 0 aliphatic heterocycles. The number of hydrogen-bond donors (Lipinski definition) is 0. The average molecular weight is 274 g/mol. The van der Waals surface area contributed by atoms with Crippen LogP contribution in [0.5, 0.6) is 0 Å². The summed E-state index contributed by atoms with van der Waals surface area (Å²) in [4.78, 5) is 0. The summed E-state index contributed by atoms with van der Waals surface area (Å²) in [6.45, 7) is 6.83. The highest BCUT2D eigenvalue weighted by atomic mass is 32.2. The van der Waals surface area contributed by atoms with Crippen LogP contribution in [0.1, 0.15) is 52.9 Å². The zero-order valence-corrected chi connectivity index (χ0v) is 13.4. The van der Waals surface area contributed by atoms with Crippen LogP contribution in [0.25, 0.3) is 0 Å². The van der Waals surface area contributed by atoms with Crippen LogP contribution in [0.3, 0.4) is 0 Å². The van der Waals surface area contributed by atoms with Gasteiger partial charge >= 0.3 is 0 Å². The van der Waals surface area contributed by atoms with Gasteiger partial charge in [-0.3, -0.25) is 0 Å². The molecule has 2 aliphatic carbocycles. The smallest absolute Gasteiger partial charge is 0.0443 e. The zero-order valence-electron chi connectivity index (χ0n) is 12.5. The topological polar surface area (TPSA) is 0 Å². The average Bonchev–Trinajstić information content (AvgIpc) is 2.87. The fraction of sp³-hybridized carbons (Fsp3) is 0.556. The first kappa shape index (κ1) is 14.7. The molecule has 1 unspecified atom stereocenters. The maximum absolute atomic E-state index is 2.42. The predicted molar refractivity (Wildman–Crippen MR) is 88.7 cm³/mol. The van der Waals surface area contributed by atoms with Gasteiger partial charge in [-0.1, -0.05) is 60.4 Å². The molecule has 0 N–H and O–H groups in total. The molecular formula is C18H26S. The Hall–Kier alpha value is -0.690. The van der Waals surface area contributed by atoms with E-state index < -0.39 is 0 Å². The van der Waals surface area contributed by atoms with Crippen LogP contribution >= 0.6 is 11.8 Å². The molecule has 2 aliphatic rings. The standard InChI is InChI=1S/C18H26S/c1-4-5-12-19-18(14-17-8-6-7-9-17)11-10-15(2)13-16(18)3/h6,8-10,13H,4-5,7,11-12,14H2,1-3H3. The Morgan fingerprint density at radius 2 is 2.11 bits per heavy atom. The fourth-order valence-corrected chi connectivity index (χ4v) is 4.41. The molecule has 0 saturated carbocycles. The van der Waals surface area contributed by atoms with E-state index in [2.05, 4.69) is 62.9 Å². The van der Waals surface area contributed by atoms with E-state index in [-0.39, 0.29) is 0 Å². The minimum atomic E-state index is 0.315. The van der Waals surface area contributed by atoms with Gasteiger partial charge in [-0.15, -0.1) is 0 Å². The summed E-state index contributed by atoms with van der Waals surface area (Å²) in [5.41, 5.74) is 4.53. The van der Waals surface area contributed by atoms with Gasteiger partial charge in [0.2, 0.25) is 0 Å². The molecule has 0 spiro atoms. The Balaban J connectivity index is 2.13. The zero-order chi connectivity index (χ0) is 13.7. The Morgan fingerprint density at radius 3 is 2.74 bits per heavy atom. The van der Waals surface area contributed by atoms with E-state index in [0.717, 1.165) is 6.42 Å². The summed E-state index contributed by atoms with van der Waals surface area (Å²) in [5, 5.41) is 0. The molecule has 0 saturated heterocycles. The maximum Gasteiger partial charge on any atom is 0.0443 e. The van der Waals surface area contributed by atoms with Crippen molar-refractivity contribution in [3.8, 4) is 0 Å². The quantitative estimate of drug-likeness (QED) is 0.549. The molecule has 0 radical (unpaired) electrons. The molecule has 0 bridgehead atoms. The Kier molecular flexibility index (Phi) is 5.15. The van der Waals surface area contributed by atoms with Crippen molar-refractivity contribution in [1.29, 1.82) is 0 Å². The van der Waals surface area contributed by atoms with Crippen molar-refractivity contribution < 1.29 is 0 Å². The Labute approximate surface area is 122 Å². The van der Waals surface area contributed by atoms with Gasteiger partial charge in [-0.25, -0.2) is 0 Å². The second-order valence-electron chi connectivity index (χ2n) is 5.77. The largest absolute Gasteiger partial charge is 0.150 e. The molecule has 1 heteroatoms. The fourth-order valence-electron chi connectivity index (χ4n) is 2.83. The third-order valence-electron chi connectivity index (χ3n) is 4.13. The highest BCUT2D eigenvalue weighted by Crippen LogP contribution is 2.45. The second kappa shape index (κ2) is 6.65. The van der Waals surface area contributed by atoms with Crippen LogP contribution in [-0.4, -0.2) is 10.5 Å². The van der Waals surface area contributed by atoms with Gasteiger partial charge in [0, 0.05) is 4.75 Å². The highest BCUT2D eigenvalue weighted by molar-refractivity contribution is 8.00. The van der Waals surface area contributed by atoms with Crippen LogP contribution in [-0.2, 0) is 0 Å². The molecule has 0 aromatic heterocycles. The normalized spacial score (nSPS) is 26.2. The molecule has 0 aromatic carbocycles. The highest BCUT2D eigenvalue weighted by Gasteiger charge is 2.33. The second-order valence-corrected chi connectivity index (χ2v) is 7.25. The number of unbranched alkanes of at least 4 members (excludes halogenated alkanes) is 1. The molecule has 0 fully saturated rings. The molecule has 0 aromatic rings. The van der Waals surface area contributed by atoms with Gasteiger partial charge in [-0.2, -0.15) is 11.8 Å². The first-order chi connectivity index (χ1) is 9.16. The van der Waals surface area contributed by atoms with Crippen LogP contribution in [0.2, 0.25) is 0 Å². The van der Waals surface area contributed by atoms with Crippen LogP contribution in [0.4, 0.5) is 0 Å². The van der Waals surface area contributed by atoms with Crippen LogP contribution in [0.15, 0.2) is 47.1 Å². The molecule has 1 atom stereocenters. The van der Waals surface area contributed by atoms with E-state index in [4.69, 9.17) is 0 Å². The SMILES string of the molecule is CCCCSC1(CC2=CCC=C2)CC=C(C)C=C1C. The summed E-state index contributed by atoms with van der Waals surface area (Å²) in [6.07, 6.45) is 17.9. The summed E-state index contributed by atoms with van der Waals surface area (Å²) >= 11 is 2.18. The van der Waals surface area contributed by atoms with Gasteiger partial charge in [0.25, 0.3) is 0 Å². The third-order valence-corrected chi connectivity index (χ3v) is 5.81. The molecule has 0 nitrogen and oxygen atoms in total. The molecule has 2 rings (SSSR count). The van der Waals surface area contributed by atoms with Crippen molar-refractivity contribution in [2.75, 3.05) is 5.75 Å². The van der Waals surface area contributed by atoms with Crippen molar-refractivity contribution in [1.82, 2.24) is 0 Å². The van der Waals surface area contributed by atoms with Gasteiger partial charge in [0.05, 0.1) is 0 Å². The minimum Gasteiger partial charge on any atom is -0.150 e. The maximum atomic E-state index is 2.42. The lowest BCUT2D eigenvalue weighted by atomic mass is 9.84. The number of thioether (sulfide) groups is 1. The van der Waals surface area contributed by atoms with Gasteiger partial charge in [0.15, 0.2) is 0 Å². The summed E-state index contributed by atoms with van der Waals surface area (Å²) in [7, 11) is 0. The van der Waals surface area contributed by atoms with E-state index in [9.17, 15) is 0 Å². The van der Waals surface area contributed by atoms with E-state index in [0.29, 0.717) is 4.75 Å². The lowest BCUT2D eigenvalue weighted by Crippen LogP contribution is -2.29. The molecule has 19 heavy (non-hydrogen) atoms. The monoisotopic (exact) mass is 274 g/mol. The molecular weight excluding hydrogens is 248 g/mol. The lowest BCUT2D eigenvalue weighted by molar-refractivity contribution is 0.665. The molecule has 0 amide bonds. The molecule has 104 valence electrons. The first-order valence-corrected chi connectivity index (χ1v) is 8.50. The van der Waals surface area contributed by atoms with Gasteiger partial charge in [-0.05, 0) is 45.3 Å². The van der Waals surface area contributed by atoms with E-state index in [1.165, 1.54) is 42.6 Å². The number of allylic oxidation sites excluding steroid dienone is 7. The van der Waals surface area contributed by atoms with Crippen molar-refractivity contribution >= 4 is 11.8 Å². The van der Waals surface area contributed by atoms with Crippen molar-refractivity contribution in [2.45, 2.75) is 57.6 Å². The summed E-state index contributed by atoms with van der Waals surface area (Å²) < 4.78 is 0.315. The van der Waals surface area contributed by atoms with E-state index >= 15 is 0 Å². The van der Waals surface area contributed by atoms with E-state index in [1.807, 2.05) is 0 Å². The van der Waals surface area contributed by atoms with Crippen LogP contribution < -0.4 is 0 Å². The van der Waals surface area contributed by atoms with Gasteiger partial charge in [0.1, 0.15) is 0 Å². The Morgan fingerprint density at radius 1 is 1.26 bits per heavy atom. The molecule has 0 heterocycles. The van der Waals surface area contributed by atoms with Crippen molar-refractivity contribution in [2.24, 2.45) is 0 Å².